The molecule has 3 nitrogen and oxygen atoms in total. The Hall–Kier alpha value is -10.7. The maximum atomic E-state index is 2.34. The summed E-state index contributed by atoms with van der Waals surface area (Å²) in [4.78, 5) is 7.00. The standard InChI is InChI=1S/C78H57N3/c1-6-16-58(17-7-1)64-30-42-72(43-31-64)80(73-44-32-65(33-45-73)59-18-8-2-9-19-59)74-52-40-69(41-53-74)63-28-26-62(27-29-63)68-38-50-71(51-39-68)79(70-24-14-5-15-25-70)77-54-56-78(57-55-77)81(75-46-34-66(35-47-75)60-20-10-3-11-21-60)76-48-36-67(37-49-76)61-22-12-4-13-23-61/h1-57H. The summed E-state index contributed by atoms with van der Waals surface area (Å²) in [6.45, 7) is 0. The lowest BCUT2D eigenvalue weighted by Crippen LogP contribution is -2.12. The van der Waals surface area contributed by atoms with Gasteiger partial charge in [0.15, 0.2) is 0 Å². The van der Waals surface area contributed by atoms with Gasteiger partial charge in [-0.2, -0.15) is 0 Å². The lowest BCUT2D eigenvalue weighted by Gasteiger charge is -2.28. The minimum absolute atomic E-state index is 1.07. The molecule has 13 rings (SSSR count). The van der Waals surface area contributed by atoms with E-state index in [4.69, 9.17) is 0 Å². The number of benzene rings is 13. The second-order valence-corrected chi connectivity index (χ2v) is 20.2. The van der Waals surface area contributed by atoms with E-state index in [1.165, 1.54) is 50.1 Å². The van der Waals surface area contributed by atoms with Crippen molar-refractivity contribution in [3.63, 3.8) is 0 Å². The molecule has 3 heteroatoms. The summed E-state index contributed by atoms with van der Waals surface area (Å²) in [6.07, 6.45) is 0. The Kier molecular flexibility index (Phi) is 14.2. The van der Waals surface area contributed by atoms with Crippen LogP contribution in [-0.4, -0.2) is 0 Å². The van der Waals surface area contributed by atoms with Crippen molar-refractivity contribution in [2.45, 2.75) is 0 Å². The number of nitrogens with zero attached hydrogens (tertiary/aromatic N) is 3. The van der Waals surface area contributed by atoms with Gasteiger partial charge in [-0.05, 0) is 176 Å². The lowest BCUT2D eigenvalue weighted by atomic mass is 9.99. The van der Waals surface area contributed by atoms with Crippen molar-refractivity contribution in [1.82, 2.24) is 0 Å². The minimum Gasteiger partial charge on any atom is -0.311 e. The largest absolute Gasteiger partial charge is 0.311 e. The molecule has 0 radical (unpaired) electrons. The zero-order valence-electron chi connectivity index (χ0n) is 44.8. The highest BCUT2D eigenvalue weighted by Crippen LogP contribution is 2.42. The van der Waals surface area contributed by atoms with Gasteiger partial charge in [0.1, 0.15) is 0 Å². The van der Waals surface area contributed by atoms with E-state index >= 15 is 0 Å². The fourth-order valence-electron chi connectivity index (χ4n) is 10.9. The van der Waals surface area contributed by atoms with Crippen LogP contribution in [0.5, 0.6) is 0 Å². The maximum Gasteiger partial charge on any atom is 0.0463 e. The van der Waals surface area contributed by atoms with Gasteiger partial charge in [0.25, 0.3) is 0 Å². The summed E-state index contributed by atoms with van der Waals surface area (Å²) in [6, 6.07) is 124. The summed E-state index contributed by atoms with van der Waals surface area (Å²) in [5, 5.41) is 0. The van der Waals surface area contributed by atoms with Crippen LogP contribution in [0.2, 0.25) is 0 Å². The Morgan fingerprint density at radius 3 is 0.383 bits per heavy atom. The molecule has 0 aliphatic heterocycles. The molecular formula is C78H57N3. The highest BCUT2D eigenvalue weighted by atomic mass is 15.2. The Morgan fingerprint density at radius 1 is 0.0988 bits per heavy atom. The molecule has 384 valence electrons. The molecule has 0 aliphatic rings. The molecule has 0 heterocycles. The number of hydrogen-bond donors (Lipinski definition) is 0. The van der Waals surface area contributed by atoms with Crippen LogP contribution in [0.3, 0.4) is 0 Å². The van der Waals surface area contributed by atoms with E-state index in [2.05, 4.69) is 360 Å². The smallest absolute Gasteiger partial charge is 0.0463 e. The lowest BCUT2D eigenvalue weighted by molar-refractivity contribution is 1.26. The molecule has 0 spiro atoms. The number of hydrogen-bond acceptors (Lipinski definition) is 3. The fraction of sp³-hybridized carbons (Fsp3) is 0. The van der Waals surface area contributed by atoms with Crippen molar-refractivity contribution in [1.29, 1.82) is 0 Å². The molecule has 13 aromatic carbocycles. The van der Waals surface area contributed by atoms with Gasteiger partial charge in [0.05, 0.1) is 0 Å². The van der Waals surface area contributed by atoms with Gasteiger partial charge in [0, 0.05) is 51.2 Å². The van der Waals surface area contributed by atoms with Crippen molar-refractivity contribution >= 4 is 51.2 Å². The Morgan fingerprint density at radius 2 is 0.210 bits per heavy atom. The van der Waals surface area contributed by atoms with E-state index in [1.807, 2.05) is 0 Å². The van der Waals surface area contributed by atoms with Crippen LogP contribution >= 0.6 is 0 Å². The van der Waals surface area contributed by atoms with Crippen LogP contribution < -0.4 is 14.7 Å². The fourth-order valence-corrected chi connectivity index (χ4v) is 10.9. The van der Waals surface area contributed by atoms with Crippen LogP contribution in [0.15, 0.2) is 346 Å². The number of para-hydroxylation sites is 1. The van der Waals surface area contributed by atoms with E-state index in [0.717, 1.165) is 67.9 Å². The third-order valence-electron chi connectivity index (χ3n) is 15.1. The van der Waals surface area contributed by atoms with Crippen LogP contribution in [0, 0.1) is 0 Å². The first-order valence-electron chi connectivity index (χ1n) is 27.6. The monoisotopic (exact) mass is 1040 g/mol. The molecule has 0 fully saturated rings. The van der Waals surface area contributed by atoms with E-state index in [9.17, 15) is 0 Å². The average Bonchev–Trinajstić information content (AvgIpc) is 3.56. The SMILES string of the molecule is c1ccc(-c2ccc(N(c3ccc(-c4ccccc4)cc3)c3ccc(-c4ccc(-c5ccc(N(c6ccccc6)c6ccc(N(c7ccc(-c8ccccc8)cc7)c7ccc(-c8ccccc8)cc7)cc6)cc5)cc4)cc3)cc2)cc1. The molecule has 0 saturated carbocycles. The van der Waals surface area contributed by atoms with Gasteiger partial charge in [-0.15, -0.1) is 0 Å². The number of rotatable bonds is 15. The summed E-state index contributed by atoms with van der Waals surface area (Å²) in [5.74, 6) is 0. The van der Waals surface area contributed by atoms with E-state index < -0.39 is 0 Å². The molecule has 0 amide bonds. The van der Waals surface area contributed by atoms with Crippen molar-refractivity contribution in [2.75, 3.05) is 14.7 Å². The molecule has 13 aromatic rings. The molecule has 81 heavy (non-hydrogen) atoms. The molecule has 0 bridgehead atoms. The average molecular weight is 1040 g/mol. The molecular weight excluding hydrogens is 979 g/mol. The maximum absolute atomic E-state index is 2.34. The third kappa shape index (κ3) is 10.9. The summed E-state index contributed by atoms with van der Waals surface area (Å²) < 4.78 is 0. The van der Waals surface area contributed by atoms with Gasteiger partial charge in [-0.25, -0.2) is 0 Å². The molecule has 0 N–H and O–H groups in total. The van der Waals surface area contributed by atoms with Gasteiger partial charge in [-0.1, -0.05) is 237 Å². The zero-order valence-corrected chi connectivity index (χ0v) is 44.8. The normalized spacial score (nSPS) is 11.0. The van der Waals surface area contributed by atoms with Crippen LogP contribution in [0.25, 0.3) is 66.8 Å². The van der Waals surface area contributed by atoms with Crippen molar-refractivity contribution in [2.24, 2.45) is 0 Å². The molecule has 0 aliphatic carbocycles. The van der Waals surface area contributed by atoms with E-state index in [-0.39, 0.29) is 0 Å². The summed E-state index contributed by atoms with van der Waals surface area (Å²) in [7, 11) is 0. The van der Waals surface area contributed by atoms with Crippen molar-refractivity contribution < 1.29 is 0 Å². The first-order chi connectivity index (χ1) is 40.1. The minimum atomic E-state index is 1.07. The van der Waals surface area contributed by atoms with Crippen LogP contribution in [0.1, 0.15) is 0 Å². The second kappa shape index (κ2) is 23.1. The van der Waals surface area contributed by atoms with E-state index in [1.54, 1.807) is 0 Å². The molecule has 0 aromatic heterocycles. The zero-order chi connectivity index (χ0) is 54.2. The summed E-state index contributed by atoms with van der Waals surface area (Å²) in [5.41, 5.74) is 24.0. The van der Waals surface area contributed by atoms with Gasteiger partial charge in [-0.3, -0.25) is 0 Å². The van der Waals surface area contributed by atoms with Crippen LogP contribution in [-0.2, 0) is 0 Å². The van der Waals surface area contributed by atoms with Gasteiger partial charge >= 0.3 is 0 Å². The predicted octanol–water partition coefficient (Wildman–Crippen LogP) is 22.1. The topological polar surface area (TPSA) is 9.72 Å². The first-order valence-corrected chi connectivity index (χ1v) is 27.6. The second-order valence-electron chi connectivity index (χ2n) is 20.2. The predicted molar refractivity (Wildman–Crippen MR) is 343 cm³/mol. The molecule has 0 saturated heterocycles. The Labute approximate surface area is 475 Å². The Balaban J connectivity index is 0.756. The van der Waals surface area contributed by atoms with Crippen LogP contribution in [0.4, 0.5) is 51.2 Å². The van der Waals surface area contributed by atoms with Crippen molar-refractivity contribution in [3.8, 4) is 66.8 Å². The quantitative estimate of drug-likeness (QED) is 0.101. The Bertz CT molecular complexity index is 3930. The molecule has 0 atom stereocenters. The highest BCUT2D eigenvalue weighted by Gasteiger charge is 2.18. The van der Waals surface area contributed by atoms with Gasteiger partial charge < -0.3 is 14.7 Å². The molecule has 0 unspecified atom stereocenters. The third-order valence-corrected chi connectivity index (χ3v) is 15.1. The number of anilines is 9. The highest BCUT2D eigenvalue weighted by molar-refractivity contribution is 5.85. The van der Waals surface area contributed by atoms with Crippen molar-refractivity contribution in [3.05, 3.63) is 346 Å². The first kappa shape index (κ1) is 49.8. The van der Waals surface area contributed by atoms with Gasteiger partial charge in [0.2, 0.25) is 0 Å². The summed E-state index contributed by atoms with van der Waals surface area (Å²) >= 11 is 0. The van der Waals surface area contributed by atoms with E-state index in [0.29, 0.717) is 0 Å².